The zero-order chi connectivity index (χ0) is 13.9. The molecule has 2 aromatic rings. The van der Waals surface area contributed by atoms with Crippen molar-refractivity contribution in [1.82, 2.24) is 0 Å². The first kappa shape index (κ1) is 12.3. The molecule has 0 bridgehead atoms. The number of hydrogen-bond donors (Lipinski definition) is 0. The van der Waals surface area contributed by atoms with Gasteiger partial charge in [0.15, 0.2) is 5.71 Å². The molecule has 5 heteroatoms. The standard InChI is InChI=1S/C15H12N2O3/c18-17(19)14-13(11-7-3-1-4-8-11)16-20-15(14)12-9-5-2-6-10-12/h1-10,14-15H/t14-,15+/m0/s1. The summed E-state index contributed by atoms with van der Waals surface area (Å²) in [6.45, 7) is 0. The van der Waals surface area contributed by atoms with Crippen molar-refractivity contribution in [3.05, 3.63) is 81.9 Å². The molecule has 0 aliphatic carbocycles. The van der Waals surface area contributed by atoms with Gasteiger partial charge in [-0.1, -0.05) is 65.8 Å². The van der Waals surface area contributed by atoms with Crippen molar-refractivity contribution in [2.24, 2.45) is 5.16 Å². The Balaban J connectivity index is 1.97. The summed E-state index contributed by atoms with van der Waals surface area (Å²) in [6.07, 6.45) is -0.679. The van der Waals surface area contributed by atoms with Crippen LogP contribution in [0.4, 0.5) is 0 Å². The van der Waals surface area contributed by atoms with Crippen LogP contribution in [-0.2, 0) is 4.84 Å². The molecule has 0 amide bonds. The summed E-state index contributed by atoms with van der Waals surface area (Å²) in [7, 11) is 0. The molecular weight excluding hydrogens is 256 g/mol. The molecule has 0 N–H and O–H groups in total. The molecule has 0 unspecified atom stereocenters. The first-order chi connectivity index (χ1) is 9.77. The predicted octanol–water partition coefficient (Wildman–Crippen LogP) is 2.81. The third kappa shape index (κ3) is 2.14. The topological polar surface area (TPSA) is 64.7 Å². The largest absolute Gasteiger partial charge is 0.379 e. The van der Waals surface area contributed by atoms with Crippen molar-refractivity contribution in [3.63, 3.8) is 0 Å². The second-order valence-corrected chi connectivity index (χ2v) is 4.51. The van der Waals surface area contributed by atoms with Crippen LogP contribution in [0.5, 0.6) is 0 Å². The zero-order valence-electron chi connectivity index (χ0n) is 10.5. The van der Waals surface area contributed by atoms with Gasteiger partial charge in [-0.3, -0.25) is 10.1 Å². The molecule has 3 rings (SSSR count). The van der Waals surface area contributed by atoms with E-state index in [0.717, 1.165) is 5.56 Å². The van der Waals surface area contributed by atoms with E-state index in [2.05, 4.69) is 5.16 Å². The fourth-order valence-corrected chi connectivity index (χ4v) is 2.30. The first-order valence-corrected chi connectivity index (χ1v) is 6.25. The summed E-state index contributed by atoms with van der Waals surface area (Å²) < 4.78 is 0. The van der Waals surface area contributed by atoms with Gasteiger partial charge in [-0.25, -0.2) is 0 Å². The van der Waals surface area contributed by atoms with Crippen LogP contribution in [0, 0.1) is 10.1 Å². The van der Waals surface area contributed by atoms with E-state index in [1.807, 2.05) is 48.5 Å². The van der Waals surface area contributed by atoms with Crippen LogP contribution in [0.15, 0.2) is 65.8 Å². The highest BCUT2D eigenvalue weighted by Gasteiger charge is 2.45. The molecule has 0 saturated carbocycles. The summed E-state index contributed by atoms with van der Waals surface area (Å²) >= 11 is 0. The lowest BCUT2D eigenvalue weighted by Crippen LogP contribution is -2.32. The van der Waals surface area contributed by atoms with Crippen LogP contribution in [-0.4, -0.2) is 16.7 Å². The highest BCUT2D eigenvalue weighted by molar-refractivity contribution is 6.04. The van der Waals surface area contributed by atoms with Crippen molar-refractivity contribution < 1.29 is 9.76 Å². The number of oxime groups is 1. The van der Waals surface area contributed by atoms with Gasteiger partial charge in [0.05, 0.1) is 0 Å². The quantitative estimate of drug-likeness (QED) is 0.635. The maximum atomic E-state index is 11.4. The Morgan fingerprint density at radius 2 is 1.60 bits per heavy atom. The lowest BCUT2D eigenvalue weighted by atomic mass is 9.95. The van der Waals surface area contributed by atoms with Crippen molar-refractivity contribution in [2.45, 2.75) is 12.1 Å². The average molecular weight is 268 g/mol. The van der Waals surface area contributed by atoms with Crippen LogP contribution in [0.3, 0.4) is 0 Å². The maximum absolute atomic E-state index is 11.4. The fraction of sp³-hybridized carbons (Fsp3) is 0.133. The zero-order valence-corrected chi connectivity index (χ0v) is 10.5. The highest BCUT2D eigenvalue weighted by Crippen LogP contribution is 2.31. The minimum absolute atomic E-state index is 0.337. The van der Waals surface area contributed by atoms with E-state index in [9.17, 15) is 10.1 Å². The van der Waals surface area contributed by atoms with Crippen molar-refractivity contribution in [3.8, 4) is 0 Å². The lowest BCUT2D eigenvalue weighted by molar-refractivity contribution is -0.512. The SMILES string of the molecule is O=[N+]([O-])[C@H]1C(c2ccccc2)=NO[C@@H]1c1ccccc1. The number of nitrogens with zero attached hydrogens (tertiary/aromatic N) is 2. The Morgan fingerprint density at radius 1 is 1.00 bits per heavy atom. The second kappa shape index (κ2) is 5.13. The molecule has 100 valence electrons. The normalized spacial score (nSPS) is 21.1. The van der Waals surface area contributed by atoms with Crippen molar-refractivity contribution in [1.29, 1.82) is 0 Å². The van der Waals surface area contributed by atoms with Gasteiger partial charge in [-0.05, 0) is 0 Å². The molecule has 2 aromatic carbocycles. The van der Waals surface area contributed by atoms with Gasteiger partial charge < -0.3 is 4.84 Å². The molecular formula is C15H12N2O3. The third-order valence-corrected chi connectivity index (χ3v) is 3.26. The number of benzene rings is 2. The molecule has 0 fully saturated rings. The molecule has 1 heterocycles. The number of rotatable bonds is 3. The van der Waals surface area contributed by atoms with E-state index < -0.39 is 12.1 Å². The number of nitro groups is 1. The Labute approximate surface area is 115 Å². The monoisotopic (exact) mass is 268 g/mol. The molecule has 0 spiro atoms. The molecule has 2 atom stereocenters. The fourth-order valence-electron chi connectivity index (χ4n) is 2.30. The van der Waals surface area contributed by atoms with Crippen LogP contribution in [0.2, 0.25) is 0 Å². The molecule has 0 saturated heterocycles. The van der Waals surface area contributed by atoms with E-state index in [-0.39, 0.29) is 4.92 Å². The van der Waals surface area contributed by atoms with Gasteiger partial charge in [0.25, 0.3) is 0 Å². The van der Waals surface area contributed by atoms with Crippen LogP contribution < -0.4 is 0 Å². The van der Waals surface area contributed by atoms with E-state index in [0.29, 0.717) is 11.3 Å². The van der Waals surface area contributed by atoms with E-state index in [4.69, 9.17) is 4.84 Å². The first-order valence-electron chi connectivity index (χ1n) is 6.25. The van der Waals surface area contributed by atoms with Crippen LogP contribution in [0.1, 0.15) is 17.2 Å². The smallest absolute Gasteiger partial charge is 0.301 e. The minimum atomic E-state index is -0.986. The highest BCUT2D eigenvalue weighted by atomic mass is 16.7. The molecule has 20 heavy (non-hydrogen) atoms. The van der Waals surface area contributed by atoms with Crippen molar-refractivity contribution in [2.75, 3.05) is 0 Å². The second-order valence-electron chi connectivity index (χ2n) is 4.51. The van der Waals surface area contributed by atoms with Crippen LogP contribution >= 0.6 is 0 Å². The van der Waals surface area contributed by atoms with Gasteiger partial charge in [-0.15, -0.1) is 0 Å². The van der Waals surface area contributed by atoms with Crippen molar-refractivity contribution >= 4 is 5.71 Å². The predicted molar refractivity (Wildman–Crippen MR) is 74.0 cm³/mol. The van der Waals surface area contributed by atoms with Gasteiger partial charge in [0.2, 0.25) is 6.10 Å². The molecule has 0 aromatic heterocycles. The lowest BCUT2D eigenvalue weighted by Gasteiger charge is -2.12. The van der Waals surface area contributed by atoms with E-state index in [1.54, 1.807) is 12.1 Å². The summed E-state index contributed by atoms with van der Waals surface area (Å²) in [5.41, 5.74) is 1.83. The van der Waals surface area contributed by atoms with E-state index in [1.165, 1.54) is 0 Å². The average Bonchev–Trinajstić information content (AvgIpc) is 2.94. The Morgan fingerprint density at radius 3 is 2.20 bits per heavy atom. The summed E-state index contributed by atoms with van der Waals surface area (Å²) in [6, 6.07) is 17.3. The number of hydrogen-bond acceptors (Lipinski definition) is 4. The Bertz CT molecular complexity index is 641. The molecule has 1 aliphatic rings. The maximum Gasteiger partial charge on any atom is 0.301 e. The molecule has 1 aliphatic heterocycles. The Kier molecular flexibility index (Phi) is 3.16. The summed E-state index contributed by atoms with van der Waals surface area (Å²) in [4.78, 5) is 16.4. The minimum Gasteiger partial charge on any atom is -0.379 e. The molecule has 5 nitrogen and oxygen atoms in total. The van der Waals surface area contributed by atoms with E-state index >= 15 is 0 Å². The van der Waals surface area contributed by atoms with Crippen LogP contribution in [0.25, 0.3) is 0 Å². The van der Waals surface area contributed by atoms with Gasteiger partial charge in [-0.2, -0.15) is 0 Å². The molecule has 0 radical (unpaired) electrons. The summed E-state index contributed by atoms with van der Waals surface area (Å²) in [5, 5.41) is 15.4. The van der Waals surface area contributed by atoms with Gasteiger partial charge >= 0.3 is 6.04 Å². The Hall–Kier alpha value is -2.69. The third-order valence-electron chi connectivity index (χ3n) is 3.26. The van der Waals surface area contributed by atoms with Gasteiger partial charge in [0.1, 0.15) is 0 Å². The summed E-state index contributed by atoms with van der Waals surface area (Å²) in [5.74, 6) is 0. The van der Waals surface area contributed by atoms with Gasteiger partial charge in [0, 0.05) is 16.1 Å².